The Morgan fingerprint density at radius 1 is 1.26 bits per heavy atom. The quantitative estimate of drug-likeness (QED) is 0.885. The number of aryl methyl sites for hydroxylation is 2. The van der Waals surface area contributed by atoms with Gasteiger partial charge in [-0.05, 0) is 48.7 Å². The van der Waals surface area contributed by atoms with E-state index in [1.807, 2.05) is 32.0 Å². The minimum atomic E-state index is -0.219. The van der Waals surface area contributed by atoms with Crippen LogP contribution in [-0.4, -0.2) is 10.9 Å². The Morgan fingerprint density at radius 3 is 2.79 bits per heavy atom. The van der Waals surface area contributed by atoms with Crippen LogP contribution in [-0.2, 0) is 6.54 Å². The highest BCUT2D eigenvalue weighted by Gasteiger charge is 2.09. The van der Waals surface area contributed by atoms with Gasteiger partial charge in [-0.3, -0.25) is 9.78 Å². The van der Waals surface area contributed by atoms with Crippen molar-refractivity contribution in [3.8, 4) is 0 Å². The number of nitrogens with two attached hydrogens (primary N) is 1. The second kappa shape index (κ2) is 5.63. The van der Waals surface area contributed by atoms with Crippen LogP contribution in [0, 0.1) is 13.8 Å². The molecule has 0 aliphatic carbocycles. The summed E-state index contributed by atoms with van der Waals surface area (Å²) < 4.78 is 0. The van der Waals surface area contributed by atoms with E-state index < -0.39 is 0 Å². The zero-order valence-electron chi connectivity index (χ0n) is 11.1. The van der Waals surface area contributed by atoms with Gasteiger partial charge in [-0.1, -0.05) is 12.1 Å². The summed E-state index contributed by atoms with van der Waals surface area (Å²) in [5, 5.41) is 2.88. The average molecular weight is 255 g/mol. The monoisotopic (exact) mass is 255 g/mol. The predicted molar refractivity (Wildman–Crippen MR) is 76.0 cm³/mol. The standard InChI is InChI=1S/C15H17N3O/c1-10-3-4-11(2)13(7-10)18-15(19)14-8-12(9-16)5-6-17-14/h3-8H,9,16H2,1-2H3,(H,18,19). The fraction of sp³-hybridized carbons (Fsp3) is 0.200. The van der Waals surface area contributed by atoms with Crippen LogP contribution < -0.4 is 11.1 Å². The molecule has 0 radical (unpaired) electrons. The molecule has 0 bridgehead atoms. The molecule has 1 aromatic carbocycles. The van der Waals surface area contributed by atoms with Crippen molar-refractivity contribution in [1.82, 2.24) is 4.98 Å². The van der Waals surface area contributed by atoms with Gasteiger partial charge in [0.25, 0.3) is 5.91 Å². The maximum absolute atomic E-state index is 12.1. The minimum Gasteiger partial charge on any atom is -0.326 e. The molecule has 0 unspecified atom stereocenters. The first kappa shape index (κ1) is 13.2. The molecule has 0 aliphatic rings. The lowest BCUT2D eigenvalue weighted by atomic mass is 10.1. The highest BCUT2D eigenvalue weighted by molar-refractivity contribution is 6.03. The fourth-order valence-corrected chi connectivity index (χ4v) is 1.78. The van der Waals surface area contributed by atoms with Gasteiger partial charge in [0, 0.05) is 18.4 Å². The van der Waals surface area contributed by atoms with Crippen LogP contribution in [0.2, 0.25) is 0 Å². The molecule has 1 heterocycles. The van der Waals surface area contributed by atoms with Crippen molar-refractivity contribution in [2.75, 3.05) is 5.32 Å². The Kier molecular flexibility index (Phi) is 3.92. The molecule has 1 amide bonds. The fourth-order valence-electron chi connectivity index (χ4n) is 1.78. The molecule has 0 spiro atoms. The number of pyridine rings is 1. The Morgan fingerprint density at radius 2 is 2.05 bits per heavy atom. The lowest BCUT2D eigenvalue weighted by Crippen LogP contribution is -2.15. The number of benzene rings is 1. The summed E-state index contributed by atoms with van der Waals surface area (Å²) in [6, 6.07) is 9.45. The molecule has 0 aliphatic heterocycles. The van der Waals surface area contributed by atoms with E-state index in [2.05, 4.69) is 10.3 Å². The summed E-state index contributed by atoms with van der Waals surface area (Å²) in [4.78, 5) is 16.2. The summed E-state index contributed by atoms with van der Waals surface area (Å²) >= 11 is 0. The van der Waals surface area contributed by atoms with E-state index in [1.165, 1.54) is 0 Å². The number of nitrogens with zero attached hydrogens (tertiary/aromatic N) is 1. The minimum absolute atomic E-state index is 0.219. The number of hydrogen-bond acceptors (Lipinski definition) is 3. The topological polar surface area (TPSA) is 68.0 Å². The zero-order chi connectivity index (χ0) is 13.8. The first-order chi connectivity index (χ1) is 9.10. The number of aromatic nitrogens is 1. The van der Waals surface area contributed by atoms with Crippen molar-refractivity contribution in [1.29, 1.82) is 0 Å². The molecule has 98 valence electrons. The lowest BCUT2D eigenvalue weighted by Gasteiger charge is -2.09. The first-order valence-electron chi connectivity index (χ1n) is 6.14. The number of rotatable bonds is 3. The van der Waals surface area contributed by atoms with E-state index in [4.69, 9.17) is 5.73 Å². The number of carbonyl (C=O) groups excluding carboxylic acids is 1. The van der Waals surface area contributed by atoms with Crippen LogP contribution in [0.15, 0.2) is 36.5 Å². The molecular weight excluding hydrogens is 238 g/mol. The van der Waals surface area contributed by atoms with Gasteiger partial charge in [0.15, 0.2) is 0 Å². The van der Waals surface area contributed by atoms with Gasteiger partial charge >= 0.3 is 0 Å². The molecule has 2 rings (SSSR count). The van der Waals surface area contributed by atoms with Crippen molar-refractivity contribution in [2.24, 2.45) is 5.73 Å². The Hall–Kier alpha value is -2.20. The molecular formula is C15H17N3O. The summed E-state index contributed by atoms with van der Waals surface area (Å²) in [5.74, 6) is -0.219. The van der Waals surface area contributed by atoms with Crippen molar-refractivity contribution in [2.45, 2.75) is 20.4 Å². The largest absolute Gasteiger partial charge is 0.326 e. The van der Waals surface area contributed by atoms with Gasteiger partial charge in [-0.2, -0.15) is 0 Å². The number of hydrogen-bond donors (Lipinski definition) is 2. The predicted octanol–water partition coefficient (Wildman–Crippen LogP) is 2.41. The molecule has 2 aromatic rings. The highest BCUT2D eigenvalue weighted by Crippen LogP contribution is 2.17. The van der Waals surface area contributed by atoms with Crippen molar-refractivity contribution in [3.63, 3.8) is 0 Å². The SMILES string of the molecule is Cc1ccc(C)c(NC(=O)c2cc(CN)ccn2)c1. The van der Waals surface area contributed by atoms with E-state index in [-0.39, 0.29) is 5.91 Å². The van der Waals surface area contributed by atoms with Crippen LogP contribution in [0.5, 0.6) is 0 Å². The molecule has 4 heteroatoms. The van der Waals surface area contributed by atoms with E-state index in [9.17, 15) is 4.79 Å². The maximum Gasteiger partial charge on any atom is 0.274 e. The molecule has 0 saturated heterocycles. The van der Waals surface area contributed by atoms with Crippen LogP contribution in [0.3, 0.4) is 0 Å². The van der Waals surface area contributed by atoms with E-state index >= 15 is 0 Å². The molecule has 4 nitrogen and oxygen atoms in total. The van der Waals surface area contributed by atoms with Gasteiger partial charge in [-0.25, -0.2) is 0 Å². The maximum atomic E-state index is 12.1. The third-order valence-electron chi connectivity index (χ3n) is 2.93. The van der Waals surface area contributed by atoms with Crippen molar-refractivity contribution in [3.05, 3.63) is 58.9 Å². The van der Waals surface area contributed by atoms with Gasteiger partial charge < -0.3 is 11.1 Å². The molecule has 1 aromatic heterocycles. The normalized spacial score (nSPS) is 10.3. The average Bonchev–Trinajstić information content (AvgIpc) is 2.43. The second-order valence-corrected chi connectivity index (χ2v) is 4.53. The van der Waals surface area contributed by atoms with Crippen molar-refractivity contribution < 1.29 is 4.79 Å². The summed E-state index contributed by atoms with van der Waals surface area (Å²) in [6.45, 7) is 4.34. The number of anilines is 1. The zero-order valence-corrected chi connectivity index (χ0v) is 11.1. The highest BCUT2D eigenvalue weighted by atomic mass is 16.1. The van der Waals surface area contributed by atoms with Gasteiger partial charge in [0.2, 0.25) is 0 Å². The lowest BCUT2D eigenvalue weighted by molar-refractivity contribution is 0.102. The van der Waals surface area contributed by atoms with Gasteiger partial charge in [0.05, 0.1) is 0 Å². The first-order valence-corrected chi connectivity index (χ1v) is 6.14. The Labute approximate surface area is 112 Å². The Bertz CT molecular complexity index is 608. The second-order valence-electron chi connectivity index (χ2n) is 4.53. The van der Waals surface area contributed by atoms with Crippen LogP contribution >= 0.6 is 0 Å². The smallest absolute Gasteiger partial charge is 0.274 e. The third-order valence-corrected chi connectivity index (χ3v) is 2.93. The number of carbonyl (C=O) groups is 1. The van der Waals surface area contributed by atoms with E-state index in [1.54, 1.807) is 18.3 Å². The number of nitrogens with one attached hydrogen (secondary N) is 1. The van der Waals surface area contributed by atoms with Gasteiger partial charge in [0.1, 0.15) is 5.69 Å². The molecule has 0 fully saturated rings. The van der Waals surface area contributed by atoms with E-state index in [0.29, 0.717) is 12.2 Å². The summed E-state index contributed by atoms with van der Waals surface area (Å²) in [5.41, 5.74) is 9.76. The van der Waals surface area contributed by atoms with Gasteiger partial charge in [-0.15, -0.1) is 0 Å². The molecule has 0 saturated carbocycles. The Balaban J connectivity index is 2.22. The molecule has 0 atom stereocenters. The summed E-state index contributed by atoms with van der Waals surface area (Å²) in [6.07, 6.45) is 1.60. The molecule has 3 N–H and O–H groups in total. The van der Waals surface area contributed by atoms with Crippen LogP contribution in [0.25, 0.3) is 0 Å². The van der Waals surface area contributed by atoms with Crippen LogP contribution in [0.1, 0.15) is 27.2 Å². The number of amides is 1. The van der Waals surface area contributed by atoms with Crippen molar-refractivity contribution >= 4 is 11.6 Å². The van der Waals surface area contributed by atoms with E-state index in [0.717, 1.165) is 22.4 Å². The molecule has 19 heavy (non-hydrogen) atoms. The summed E-state index contributed by atoms with van der Waals surface area (Å²) in [7, 11) is 0. The van der Waals surface area contributed by atoms with Crippen LogP contribution in [0.4, 0.5) is 5.69 Å². The third kappa shape index (κ3) is 3.17.